The number of halogens is 1. The molecular weight excluding hydrogens is 367 g/mol. The molecule has 0 aromatic heterocycles. The zero-order valence-electron chi connectivity index (χ0n) is 14.2. The number of amides is 2. The highest BCUT2D eigenvalue weighted by molar-refractivity contribution is 7.91. The van der Waals surface area contributed by atoms with Gasteiger partial charge in [0, 0.05) is 13.0 Å². The number of hydrogen-bond acceptors (Lipinski definition) is 5. The summed E-state index contributed by atoms with van der Waals surface area (Å²) in [5, 5.41) is 2.55. The summed E-state index contributed by atoms with van der Waals surface area (Å²) in [6.45, 7) is 3.46. The second kappa shape index (κ2) is 6.72. The van der Waals surface area contributed by atoms with Crippen molar-refractivity contribution in [3.05, 3.63) is 24.0 Å². The summed E-state index contributed by atoms with van der Waals surface area (Å²) >= 11 is 0. The highest BCUT2D eigenvalue weighted by Crippen LogP contribution is 2.30. The van der Waals surface area contributed by atoms with Gasteiger partial charge >= 0.3 is 16.3 Å². The van der Waals surface area contributed by atoms with Gasteiger partial charge in [-0.25, -0.2) is 9.18 Å². The summed E-state index contributed by atoms with van der Waals surface area (Å²) in [5.41, 5.74) is 0.159. The molecule has 2 saturated heterocycles. The standard InChI is InChI=1S/C15H19FN4O5S/c1-9-7-20(26(23,24)18-9)14-4-3-11(5-13(14)16)19-8-12(25-15(19)22)6-17-10(2)21/h3-5,9,12,18H,6-8H2,1-2H3,(H,17,21)/t9?,12-/m0/s1. The molecule has 2 N–H and O–H groups in total. The second-order valence-corrected chi connectivity index (χ2v) is 7.87. The Labute approximate surface area is 150 Å². The Morgan fingerprint density at radius 1 is 1.42 bits per heavy atom. The minimum absolute atomic E-state index is 0.0899. The van der Waals surface area contributed by atoms with E-state index in [1.807, 2.05) is 0 Å². The fourth-order valence-corrected chi connectivity index (χ4v) is 4.43. The molecule has 9 nitrogen and oxygen atoms in total. The van der Waals surface area contributed by atoms with E-state index in [0.717, 1.165) is 10.4 Å². The lowest BCUT2D eigenvalue weighted by Crippen LogP contribution is -2.33. The van der Waals surface area contributed by atoms with Crippen LogP contribution >= 0.6 is 0 Å². The van der Waals surface area contributed by atoms with Gasteiger partial charge in [0.25, 0.3) is 0 Å². The summed E-state index contributed by atoms with van der Waals surface area (Å²) in [4.78, 5) is 24.2. The molecule has 0 saturated carbocycles. The van der Waals surface area contributed by atoms with Crippen LogP contribution in [0.2, 0.25) is 0 Å². The summed E-state index contributed by atoms with van der Waals surface area (Å²) < 4.78 is 47.0. The Morgan fingerprint density at radius 2 is 2.15 bits per heavy atom. The predicted octanol–water partition coefficient (Wildman–Crippen LogP) is 0.330. The normalized spacial score (nSPS) is 24.7. The van der Waals surface area contributed by atoms with Gasteiger partial charge < -0.3 is 10.1 Å². The van der Waals surface area contributed by atoms with Crippen LogP contribution < -0.4 is 19.2 Å². The van der Waals surface area contributed by atoms with Crippen molar-refractivity contribution in [2.75, 3.05) is 28.8 Å². The van der Waals surface area contributed by atoms with Crippen LogP contribution in [-0.4, -0.2) is 52.2 Å². The summed E-state index contributed by atoms with van der Waals surface area (Å²) in [6.07, 6.45) is -1.20. The molecule has 1 aromatic rings. The SMILES string of the molecule is CC(=O)NC[C@H]1CN(c2ccc(N3CC(C)NS3(=O)=O)c(F)c2)C(=O)O1. The first-order valence-electron chi connectivity index (χ1n) is 7.99. The first kappa shape index (κ1) is 18.4. The second-order valence-electron chi connectivity index (χ2n) is 6.24. The number of nitrogens with zero attached hydrogens (tertiary/aromatic N) is 2. The highest BCUT2D eigenvalue weighted by atomic mass is 32.2. The number of hydrogen-bond donors (Lipinski definition) is 2. The van der Waals surface area contributed by atoms with Crippen molar-refractivity contribution in [2.24, 2.45) is 0 Å². The largest absolute Gasteiger partial charge is 0.442 e. The third-order valence-corrected chi connectivity index (χ3v) is 5.67. The monoisotopic (exact) mass is 386 g/mol. The van der Waals surface area contributed by atoms with Gasteiger partial charge in [0.05, 0.1) is 31.0 Å². The third kappa shape index (κ3) is 3.58. The van der Waals surface area contributed by atoms with Crippen LogP contribution in [0.15, 0.2) is 18.2 Å². The maximum atomic E-state index is 14.5. The van der Waals surface area contributed by atoms with Crippen LogP contribution in [0.25, 0.3) is 0 Å². The molecule has 1 aromatic carbocycles. The van der Waals surface area contributed by atoms with Gasteiger partial charge in [-0.1, -0.05) is 0 Å². The molecule has 2 aliphatic heterocycles. The van der Waals surface area contributed by atoms with E-state index in [-0.39, 0.29) is 43.0 Å². The Bertz CT molecular complexity index is 846. The highest BCUT2D eigenvalue weighted by Gasteiger charge is 2.36. The van der Waals surface area contributed by atoms with E-state index in [4.69, 9.17) is 4.74 Å². The number of ether oxygens (including phenoxy) is 1. The summed E-state index contributed by atoms with van der Waals surface area (Å²) in [7, 11) is -3.78. The van der Waals surface area contributed by atoms with Gasteiger partial charge in [0.2, 0.25) is 5.91 Å². The number of nitrogens with one attached hydrogen (secondary N) is 2. The lowest BCUT2D eigenvalue weighted by Gasteiger charge is -2.19. The zero-order chi connectivity index (χ0) is 19.1. The molecular formula is C15H19FN4O5S. The van der Waals surface area contributed by atoms with Crippen LogP contribution in [0.3, 0.4) is 0 Å². The van der Waals surface area contributed by atoms with Gasteiger partial charge in [-0.3, -0.25) is 14.0 Å². The average Bonchev–Trinajstić information content (AvgIpc) is 3.03. The number of cyclic esters (lactones) is 1. The van der Waals surface area contributed by atoms with Crippen LogP contribution in [-0.2, 0) is 19.7 Å². The number of carbonyl (C=O) groups is 2. The van der Waals surface area contributed by atoms with E-state index < -0.39 is 28.2 Å². The average molecular weight is 386 g/mol. The topological polar surface area (TPSA) is 108 Å². The molecule has 3 rings (SSSR count). The number of carbonyl (C=O) groups excluding carboxylic acids is 2. The molecule has 1 unspecified atom stereocenters. The van der Waals surface area contributed by atoms with E-state index >= 15 is 0 Å². The zero-order valence-corrected chi connectivity index (χ0v) is 15.0. The lowest BCUT2D eigenvalue weighted by atomic mass is 10.2. The van der Waals surface area contributed by atoms with Gasteiger partial charge in [-0.2, -0.15) is 13.1 Å². The fraction of sp³-hybridized carbons (Fsp3) is 0.467. The molecule has 2 heterocycles. The molecule has 0 aliphatic carbocycles. The number of anilines is 2. The lowest BCUT2D eigenvalue weighted by molar-refractivity contribution is -0.119. The maximum Gasteiger partial charge on any atom is 0.414 e. The Morgan fingerprint density at radius 3 is 2.73 bits per heavy atom. The van der Waals surface area contributed by atoms with Gasteiger partial charge in [0.1, 0.15) is 11.9 Å². The van der Waals surface area contributed by atoms with Crippen LogP contribution in [0.4, 0.5) is 20.6 Å². The molecule has 0 bridgehead atoms. The molecule has 2 atom stereocenters. The predicted molar refractivity (Wildman–Crippen MR) is 91.6 cm³/mol. The molecule has 0 radical (unpaired) electrons. The number of rotatable bonds is 4. The van der Waals surface area contributed by atoms with Gasteiger partial charge in [-0.05, 0) is 25.1 Å². The molecule has 2 fully saturated rings. The van der Waals surface area contributed by atoms with Crippen LogP contribution in [0, 0.1) is 5.82 Å². The summed E-state index contributed by atoms with van der Waals surface area (Å²) in [5.74, 6) is -1.01. The van der Waals surface area contributed by atoms with Crippen LogP contribution in [0.1, 0.15) is 13.8 Å². The molecule has 26 heavy (non-hydrogen) atoms. The summed E-state index contributed by atoms with van der Waals surface area (Å²) in [6, 6.07) is 3.53. The van der Waals surface area contributed by atoms with E-state index in [1.54, 1.807) is 6.92 Å². The minimum atomic E-state index is -3.78. The first-order chi connectivity index (χ1) is 12.2. The van der Waals surface area contributed by atoms with E-state index in [9.17, 15) is 22.4 Å². The maximum absolute atomic E-state index is 14.5. The van der Waals surface area contributed by atoms with E-state index in [2.05, 4.69) is 10.0 Å². The Hall–Kier alpha value is -2.40. The van der Waals surface area contributed by atoms with Gasteiger partial charge in [-0.15, -0.1) is 0 Å². The van der Waals surface area contributed by atoms with Crippen molar-refractivity contribution < 1.29 is 27.1 Å². The van der Waals surface area contributed by atoms with Crippen molar-refractivity contribution >= 4 is 33.6 Å². The third-order valence-electron chi connectivity index (χ3n) is 4.04. The van der Waals surface area contributed by atoms with Crippen LogP contribution in [0.5, 0.6) is 0 Å². The molecule has 2 amide bonds. The van der Waals surface area contributed by atoms with Crippen molar-refractivity contribution in [2.45, 2.75) is 26.0 Å². The van der Waals surface area contributed by atoms with Crippen molar-refractivity contribution in [3.63, 3.8) is 0 Å². The Balaban J connectivity index is 1.78. The smallest absolute Gasteiger partial charge is 0.414 e. The van der Waals surface area contributed by atoms with Crippen molar-refractivity contribution in [1.29, 1.82) is 0 Å². The van der Waals surface area contributed by atoms with Crippen molar-refractivity contribution in [3.8, 4) is 0 Å². The minimum Gasteiger partial charge on any atom is -0.442 e. The van der Waals surface area contributed by atoms with Gasteiger partial charge in [0.15, 0.2) is 0 Å². The first-order valence-corrected chi connectivity index (χ1v) is 9.43. The molecule has 2 aliphatic rings. The quantitative estimate of drug-likeness (QED) is 0.775. The molecule has 11 heteroatoms. The molecule has 142 valence electrons. The molecule has 0 spiro atoms. The number of benzene rings is 1. The van der Waals surface area contributed by atoms with Crippen molar-refractivity contribution in [1.82, 2.24) is 10.0 Å². The van der Waals surface area contributed by atoms with E-state index in [1.165, 1.54) is 24.0 Å². The fourth-order valence-electron chi connectivity index (χ4n) is 2.89. The Kier molecular flexibility index (Phi) is 4.76. The van der Waals surface area contributed by atoms with E-state index in [0.29, 0.717) is 0 Å².